The van der Waals surface area contributed by atoms with Gasteiger partial charge in [0.05, 0.1) is 21.2 Å². The lowest BCUT2D eigenvalue weighted by Gasteiger charge is -2.09. The number of benzene rings is 2. The van der Waals surface area contributed by atoms with Crippen molar-refractivity contribution in [2.45, 2.75) is 13.1 Å². The molecule has 0 saturated carbocycles. The SMILES string of the molecule is COc1ccc(C(=O)NCc2ccc(C[NH+](C)C)cc2)cc1F. The highest BCUT2D eigenvalue weighted by Crippen LogP contribution is 2.17. The summed E-state index contributed by atoms with van der Waals surface area (Å²) in [4.78, 5) is 13.4. The number of carbonyl (C=O) groups is 1. The number of hydrogen-bond acceptors (Lipinski definition) is 2. The van der Waals surface area contributed by atoms with Gasteiger partial charge >= 0.3 is 0 Å². The van der Waals surface area contributed by atoms with Crippen LogP contribution in [0.5, 0.6) is 5.75 Å². The monoisotopic (exact) mass is 317 g/mol. The van der Waals surface area contributed by atoms with E-state index in [1.54, 1.807) is 6.07 Å². The molecule has 0 saturated heterocycles. The van der Waals surface area contributed by atoms with E-state index in [1.807, 2.05) is 12.1 Å². The first-order valence-corrected chi connectivity index (χ1v) is 7.48. The quantitative estimate of drug-likeness (QED) is 0.846. The van der Waals surface area contributed by atoms with E-state index in [4.69, 9.17) is 4.74 Å². The number of quaternary nitrogens is 1. The normalized spacial score (nSPS) is 10.7. The van der Waals surface area contributed by atoms with Crippen LogP contribution in [0.1, 0.15) is 21.5 Å². The molecule has 2 N–H and O–H groups in total. The Hall–Kier alpha value is -2.40. The molecule has 122 valence electrons. The Labute approximate surface area is 135 Å². The molecular weight excluding hydrogens is 295 g/mol. The summed E-state index contributed by atoms with van der Waals surface area (Å²) in [6.07, 6.45) is 0. The topological polar surface area (TPSA) is 42.8 Å². The second-order valence-corrected chi connectivity index (χ2v) is 5.73. The lowest BCUT2D eigenvalue weighted by Crippen LogP contribution is -3.04. The van der Waals surface area contributed by atoms with E-state index in [0.29, 0.717) is 6.54 Å². The Kier molecular flexibility index (Phi) is 5.71. The Morgan fingerprint density at radius 1 is 1.13 bits per heavy atom. The maximum atomic E-state index is 13.6. The zero-order chi connectivity index (χ0) is 16.8. The largest absolute Gasteiger partial charge is 0.494 e. The van der Waals surface area contributed by atoms with Crippen LogP contribution >= 0.6 is 0 Å². The van der Waals surface area contributed by atoms with Crippen molar-refractivity contribution in [3.63, 3.8) is 0 Å². The Bertz CT molecular complexity index is 669. The van der Waals surface area contributed by atoms with E-state index in [-0.39, 0.29) is 17.2 Å². The molecule has 0 aliphatic heterocycles. The van der Waals surface area contributed by atoms with Crippen LogP contribution in [-0.2, 0) is 13.1 Å². The van der Waals surface area contributed by atoms with E-state index in [1.165, 1.54) is 29.7 Å². The van der Waals surface area contributed by atoms with Gasteiger partial charge in [-0.1, -0.05) is 24.3 Å². The number of hydrogen-bond donors (Lipinski definition) is 2. The van der Waals surface area contributed by atoms with Crippen molar-refractivity contribution in [2.75, 3.05) is 21.2 Å². The molecule has 0 fully saturated rings. The summed E-state index contributed by atoms with van der Waals surface area (Å²) < 4.78 is 18.5. The molecule has 0 atom stereocenters. The third-order valence-corrected chi connectivity index (χ3v) is 3.45. The summed E-state index contributed by atoms with van der Waals surface area (Å²) in [5.41, 5.74) is 2.53. The van der Waals surface area contributed by atoms with Crippen LogP contribution in [0, 0.1) is 5.82 Å². The number of ether oxygens (including phenoxy) is 1. The van der Waals surface area contributed by atoms with Crippen molar-refractivity contribution in [3.8, 4) is 5.75 Å². The maximum absolute atomic E-state index is 13.6. The molecule has 0 spiro atoms. The number of nitrogens with one attached hydrogen (secondary N) is 2. The predicted molar refractivity (Wildman–Crippen MR) is 87.1 cm³/mol. The molecule has 23 heavy (non-hydrogen) atoms. The lowest BCUT2D eigenvalue weighted by molar-refractivity contribution is -0.872. The lowest BCUT2D eigenvalue weighted by atomic mass is 10.1. The fourth-order valence-electron chi connectivity index (χ4n) is 2.28. The summed E-state index contributed by atoms with van der Waals surface area (Å²) >= 11 is 0. The molecule has 2 aromatic rings. The van der Waals surface area contributed by atoms with Crippen molar-refractivity contribution in [1.29, 1.82) is 0 Å². The summed E-state index contributed by atoms with van der Waals surface area (Å²) in [6.45, 7) is 1.36. The van der Waals surface area contributed by atoms with E-state index >= 15 is 0 Å². The second-order valence-electron chi connectivity index (χ2n) is 5.73. The summed E-state index contributed by atoms with van der Waals surface area (Å²) in [6, 6.07) is 12.3. The first-order chi connectivity index (χ1) is 11.0. The highest BCUT2D eigenvalue weighted by molar-refractivity contribution is 5.94. The van der Waals surface area contributed by atoms with Crippen LogP contribution in [0.15, 0.2) is 42.5 Å². The molecule has 0 radical (unpaired) electrons. The molecule has 0 bridgehead atoms. The highest BCUT2D eigenvalue weighted by atomic mass is 19.1. The third kappa shape index (κ3) is 4.79. The van der Waals surface area contributed by atoms with Gasteiger partial charge in [-0.2, -0.15) is 0 Å². The molecule has 0 unspecified atom stereocenters. The molecule has 4 nitrogen and oxygen atoms in total. The predicted octanol–water partition coefficient (Wildman–Crippen LogP) is 1.41. The number of halogens is 1. The van der Waals surface area contributed by atoms with Gasteiger partial charge in [-0.15, -0.1) is 0 Å². The number of carbonyl (C=O) groups excluding carboxylic acids is 1. The van der Waals surface area contributed by atoms with Crippen LogP contribution in [0.3, 0.4) is 0 Å². The van der Waals surface area contributed by atoms with Gasteiger partial charge in [0, 0.05) is 17.7 Å². The fourth-order valence-corrected chi connectivity index (χ4v) is 2.28. The van der Waals surface area contributed by atoms with Crippen molar-refractivity contribution >= 4 is 5.91 Å². The molecule has 2 rings (SSSR count). The van der Waals surface area contributed by atoms with E-state index in [0.717, 1.165) is 12.1 Å². The van der Waals surface area contributed by atoms with Crippen LogP contribution in [0.4, 0.5) is 4.39 Å². The average Bonchev–Trinajstić information content (AvgIpc) is 2.53. The van der Waals surface area contributed by atoms with E-state index in [2.05, 4.69) is 31.5 Å². The minimum Gasteiger partial charge on any atom is -0.494 e. The summed E-state index contributed by atoms with van der Waals surface area (Å²) in [5, 5.41) is 2.79. The summed E-state index contributed by atoms with van der Waals surface area (Å²) in [7, 11) is 5.59. The van der Waals surface area contributed by atoms with Crippen molar-refractivity contribution in [3.05, 3.63) is 65.0 Å². The van der Waals surface area contributed by atoms with Gasteiger partial charge in [-0.25, -0.2) is 4.39 Å². The van der Waals surface area contributed by atoms with Crippen LogP contribution in [-0.4, -0.2) is 27.1 Å². The molecule has 0 aliphatic carbocycles. The smallest absolute Gasteiger partial charge is 0.251 e. The van der Waals surface area contributed by atoms with Gasteiger partial charge in [0.25, 0.3) is 5.91 Å². The Morgan fingerprint density at radius 3 is 2.35 bits per heavy atom. The number of methoxy groups -OCH3 is 1. The minimum atomic E-state index is -0.546. The van der Waals surface area contributed by atoms with Gasteiger partial charge in [-0.05, 0) is 23.8 Å². The van der Waals surface area contributed by atoms with Gasteiger partial charge < -0.3 is 15.0 Å². The molecule has 0 aromatic heterocycles. The van der Waals surface area contributed by atoms with Crippen LogP contribution in [0.2, 0.25) is 0 Å². The van der Waals surface area contributed by atoms with Crippen molar-refractivity contribution in [1.82, 2.24) is 5.32 Å². The van der Waals surface area contributed by atoms with Gasteiger partial charge in [-0.3, -0.25) is 4.79 Å². The first kappa shape index (κ1) is 17.0. The van der Waals surface area contributed by atoms with Crippen molar-refractivity contribution in [2.24, 2.45) is 0 Å². The number of amides is 1. The first-order valence-electron chi connectivity index (χ1n) is 7.48. The standard InChI is InChI=1S/C18H21FN2O2/c1-21(2)12-14-6-4-13(5-7-14)11-20-18(22)15-8-9-17(23-3)16(19)10-15/h4-10H,11-12H2,1-3H3,(H,20,22)/p+1. The Balaban J connectivity index is 1.95. The molecule has 0 heterocycles. The van der Waals surface area contributed by atoms with E-state index < -0.39 is 5.82 Å². The zero-order valence-corrected chi connectivity index (χ0v) is 13.7. The van der Waals surface area contributed by atoms with Crippen LogP contribution in [0.25, 0.3) is 0 Å². The second kappa shape index (κ2) is 7.74. The molecule has 1 amide bonds. The minimum absolute atomic E-state index is 0.125. The third-order valence-electron chi connectivity index (χ3n) is 3.45. The molecular formula is C18H22FN2O2+. The highest BCUT2D eigenvalue weighted by Gasteiger charge is 2.10. The van der Waals surface area contributed by atoms with Gasteiger partial charge in [0.15, 0.2) is 11.6 Å². The number of rotatable bonds is 6. The molecule has 0 aliphatic rings. The zero-order valence-electron chi connectivity index (χ0n) is 13.7. The molecule has 2 aromatic carbocycles. The average molecular weight is 317 g/mol. The van der Waals surface area contributed by atoms with Crippen molar-refractivity contribution < 1.29 is 18.8 Å². The Morgan fingerprint density at radius 2 is 1.78 bits per heavy atom. The maximum Gasteiger partial charge on any atom is 0.251 e. The fraction of sp³-hybridized carbons (Fsp3) is 0.278. The van der Waals surface area contributed by atoms with Gasteiger partial charge in [0.1, 0.15) is 6.54 Å². The van der Waals surface area contributed by atoms with E-state index in [9.17, 15) is 9.18 Å². The summed E-state index contributed by atoms with van der Waals surface area (Å²) in [5.74, 6) is -0.732. The van der Waals surface area contributed by atoms with Crippen LogP contribution < -0.4 is 15.0 Å². The molecule has 5 heteroatoms. The van der Waals surface area contributed by atoms with Gasteiger partial charge in [0.2, 0.25) is 0 Å².